The minimum atomic E-state index is 0.147. The summed E-state index contributed by atoms with van der Waals surface area (Å²) in [7, 11) is 0. The Morgan fingerprint density at radius 1 is 1.04 bits per heavy atom. The van der Waals surface area contributed by atoms with Gasteiger partial charge in [0.2, 0.25) is 0 Å². The summed E-state index contributed by atoms with van der Waals surface area (Å²) in [6.07, 6.45) is 3.00. The molecule has 4 nitrogen and oxygen atoms in total. The van der Waals surface area contributed by atoms with Crippen molar-refractivity contribution in [2.75, 3.05) is 19.6 Å². The van der Waals surface area contributed by atoms with Crippen LogP contribution in [0.3, 0.4) is 0 Å². The van der Waals surface area contributed by atoms with Crippen molar-refractivity contribution in [3.8, 4) is 0 Å². The van der Waals surface area contributed by atoms with Crippen LogP contribution >= 0.6 is 0 Å². The van der Waals surface area contributed by atoms with Crippen LogP contribution < -0.4 is 5.73 Å². The third-order valence-electron chi connectivity index (χ3n) is 6.39. The minimum Gasteiger partial charge on any atom is -0.338 e. The average Bonchev–Trinajstić information content (AvgIpc) is 3.39. The van der Waals surface area contributed by atoms with Crippen LogP contribution in [0.1, 0.15) is 39.5 Å². The van der Waals surface area contributed by atoms with Gasteiger partial charge in [0.1, 0.15) is 0 Å². The summed E-state index contributed by atoms with van der Waals surface area (Å²) in [6, 6.07) is 18.5. The largest absolute Gasteiger partial charge is 0.338 e. The lowest BCUT2D eigenvalue weighted by atomic mass is 9.89. The van der Waals surface area contributed by atoms with Gasteiger partial charge in [-0.3, -0.25) is 9.78 Å². The molecule has 0 bridgehead atoms. The summed E-state index contributed by atoms with van der Waals surface area (Å²) in [5.41, 5.74) is 11.5. The summed E-state index contributed by atoms with van der Waals surface area (Å²) >= 11 is 0. The molecule has 3 aromatic rings. The number of para-hydroxylation sites is 1. The molecule has 1 aliphatic carbocycles. The molecule has 0 radical (unpaired) electrons. The van der Waals surface area contributed by atoms with E-state index in [0.717, 1.165) is 60.1 Å². The Kier molecular flexibility index (Phi) is 4.36. The molecule has 4 heteroatoms. The van der Waals surface area contributed by atoms with E-state index in [0.29, 0.717) is 18.4 Å². The first kappa shape index (κ1) is 17.4. The zero-order valence-corrected chi connectivity index (χ0v) is 16.0. The van der Waals surface area contributed by atoms with Crippen LogP contribution in [0.25, 0.3) is 10.9 Å². The Labute approximate surface area is 165 Å². The maximum Gasteiger partial charge on any atom is 0.254 e. The molecule has 1 aromatic heterocycles. The second-order valence-corrected chi connectivity index (χ2v) is 8.01. The number of amides is 1. The summed E-state index contributed by atoms with van der Waals surface area (Å²) < 4.78 is 0. The van der Waals surface area contributed by atoms with Crippen molar-refractivity contribution in [3.63, 3.8) is 0 Å². The average molecular weight is 371 g/mol. The normalized spacial score (nSPS) is 21.2. The maximum absolute atomic E-state index is 13.7. The number of hydrogen-bond acceptors (Lipinski definition) is 3. The fraction of sp³-hybridized carbons (Fsp3) is 0.333. The number of aryl methyl sites for hydroxylation is 1. The molecule has 2 aliphatic rings. The van der Waals surface area contributed by atoms with Crippen molar-refractivity contribution in [2.45, 2.75) is 25.2 Å². The monoisotopic (exact) mass is 371 g/mol. The van der Waals surface area contributed by atoms with Gasteiger partial charge in [-0.1, -0.05) is 48.5 Å². The molecular formula is C24H25N3O. The van der Waals surface area contributed by atoms with E-state index in [1.807, 2.05) is 35.2 Å². The highest BCUT2D eigenvalue weighted by Gasteiger charge is 2.37. The Hall–Kier alpha value is -2.72. The van der Waals surface area contributed by atoms with E-state index in [4.69, 9.17) is 10.7 Å². The van der Waals surface area contributed by atoms with Gasteiger partial charge >= 0.3 is 0 Å². The minimum absolute atomic E-state index is 0.147. The number of nitrogens with two attached hydrogens (primary N) is 1. The van der Waals surface area contributed by atoms with Crippen molar-refractivity contribution in [1.29, 1.82) is 0 Å². The van der Waals surface area contributed by atoms with Crippen molar-refractivity contribution in [2.24, 2.45) is 11.7 Å². The van der Waals surface area contributed by atoms with E-state index >= 15 is 0 Å². The molecule has 2 heterocycles. The number of aromatic nitrogens is 1. The first-order chi connectivity index (χ1) is 13.8. The van der Waals surface area contributed by atoms with Crippen LogP contribution in [-0.2, 0) is 12.8 Å². The summed E-state index contributed by atoms with van der Waals surface area (Å²) in [4.78, 5) is 20.6. The Morgan fingerprint density at radius 2 is 1.82 bits per heavy atom. The van der Waals surface area contributed by atoms with E-state index in [9.17, 15) is 4.79 Å². The van der Waals surface area contributed by atoms with Gasteiger partial charge in [0, 0.05) is 30.1 Å². The Morgan fingerprint density at radius 3 is 2.64 bits per heavy atom. The van der Waals surface area contributed by atoms with Crippen LogP contribution in [0.2, 0.25) is 0 Å². The number of carbonyl (C=O) groups is 1. The van der Waals surface area contributed by atoms with Crippen molar-refractivity contribution < 1.29 is 4.79 Å². The van der Waals surface area contributed by atoms with E-state index in [1.54, 1.807) is 0 Å². The molecule has 2 atom stereocenters. The molecule has 5 rings (SSSR count). The fourth-order valence-corrected chi connectivity index (χ4v) is 4.97. The molecule has 142 valence electrons. The third kappa shape index (κ3) is 2.80. The summed E-state index contributed by atoms with van der Waals surface area (Å²) in [5, 5.41) is 0.987. The SMILES string of the molecule is NC[C@@H]1CN(C(=O)c2c3c(nc4ccccc24)CCC3)C[C@H]1c1ccccc1. The highest BCUT2D eigenvalue weighted by molar-refractivity contribution is 6.08. The molecule has 28 heavy (non-hydrogen) atoms. The van der Waals surface area contributed by atoms with Crippen LogP contribution in [0.15, 0.2) is 54.6 Å². The predicted molar refractivity (Wildman–Crippen MR) is 111 cm³/mol. The van der Waals surface area contributed by atoms with E-state index in [2.05, 4.69) is 24.3 Å². The first-order valence-corrected chi connectivity index (χ1v) is 10.2. The molecule has 1 saturated heterocycles. The quantitative estimate of drug-likeness (QED) is 0.766. The lowest BCUT2D eigenvalue weighted by Gasteiger charge is -2.20. The van der Waals surface area contributed by atoms with Crippen molar-refractivity contribution >= 4 is 16.8 Å². The van der Waals surface area contributed by atoms with Gasteiger partial charge in [0.05, 0.1) is 11.1 Å². The smallest absolute Gasteiger partial charge is 0.254 e. The van der Waals surface area contributed by atoms with Crippen molar-refractivity contribution in [3.05, 3.63) is 77.0 Å². The zero-order chi connectivity index (χ0) is 19.1. The molecule has 2 aromatic carbocycles. The molecular weight excluding hydrogens is 346 g/mol. The number of carbonyl (C=O) groups excluding carboxylic acids is 1. The van der Waals surface area contributed by atoms with Crippen LogP contribution in [0.4, 0.5) is 0 Å². The number of likely N-dealkylation sites (tertiary alicyclic amines) is 1. The molecule has 1 fully saturated rings. The number of nitrogens with zero attached hydrogens (tertiary/aromatic N) is 2. The highest BCUT2D eigenvalue weighted by Crippen LogP contribution is 2.36. The maximum atomic E-state index is 13.7. The van der Waals surface area contributed by atoms with E-state index in [1.165, 1.54) is 5.56 Å². The van der Waals surface area contributed by atoms with Gasteiger partial charge in [0.15, 0.2) is 0 Å². The molecule has 0 spiro atoms. The Balaban J connectivity index is 1.54. The Bertz CT molecular complexity index is 1030. The molecule has 0 unspecified atom stereocenters. The van der Waals surface area contributed by atoms with Gasteiger partial charge < -0.3 is 10.6 Å². The van der Waals surface area contributed by atoms with Gasteiger partial charge in [-0.15, -0.1) is 0 Å². The highest BCUT2D eigenvalue weighted by atomic mass is 16.2. The van der Waals surface area contributed by atoms with Crippen LogP contribution in [0.5, 0.6) is 0 Å². The standard InChI is InChI=1S/C24H25N3O/c25-13-17-14-27(15-20(17)16-7-2-1-3-8-16)24(28)23-18-9-4-5-11-21(18)26-22-12-6-10-19(22)23/h1-5,7-9,11,17,20H,6,10,12-15,25H2/t17-,20+/m1/s1. The fourth-order valence-electron chi connectivity index (χ4n) is 4.97. The van der Waals surface area contributed by atoms with E-state index < -0.39 is 0 Å². The number of hydrogen-bond donors (Lipinski definition) is 1. The molecule has 2 N–H and O–H groups in total. The zero-order valence-electron chi connectivity index (χ0n) is 16.0. The summed E-state index contributed by atoms with van der Waals surface area (Å²) in [5.74, 6) is 0.748. The molecule has 0 saturated carbocycles. The third-order valence-corrected chi connectivity index (χ3v) is 6.39. The van der Waals surface area contributed by atoms with Crippen LogP contribution in [-0.4, -0.2) is 35.4 Å². The molecule has 1 amide bonds. The number of rotatable bonds is 3. The lowest BCUT2D eigenvalue weighted by molar-refractivity contribution is 0.0787. The number of fused-ring (bicyclic) bond motifs is 2. The van der Waals surface area contributed by atoms with Gasteiger partial charge in [-0.05, 0) is 48.9 Å². The number of benzene rings is 2. The number of pyridine rings is 1. The van der Waals surface area contributed by atoms with Crippen LogP contribution in [0, 0.1) is 5.92 Å². The summed E-state index contributed by atoms with van der Waals surface area (Å²) in [6.45, 7) is 2.05. The topological polar surface area (TPSA) is 59.2 Å². The molecule has 1 aliphatic heterocycles. The van der Waals surface area contributed by atoms with Gasteiger partial charge in [0.25, 0.3) is 5.91 Å². The van der Waals surface area contributed by atoms with Gasteiger partial charge in [-0.25, -0.2) is 0 Å². The lowest BCUT2D eigenvalue weighted by Crippen LogP contribution is -2.31. The van der Waals surface area contributed by atoms with E-state index in [-0.39, 0.29) is 5.91 Å². The second kappa shape index (κ2) is 7.02. The second-order valence-electron chi connectivity index (χ2n) is 8.01. The van der Waals surface area contributed by atoms with Gasteiger partial charge in [-0.2, -0.15) is 0 Å². The van der Waals surface area contributed by atoms with Crippen molar-refractivity contribution in [1.82, 2.24) is 9.88 Å². The first-order valence-electron chi connectivity index (χ1n) is 10.2. The predicted octanol–water partition coefficient (Wildman–Crippen LogP) is 3.54.